The molecule has 0 bridgehead atoms. The Bertz CT molecular complexity index is 1580. The van der Waals surface area contributed by atoms with Gasteiger partial charge in [-0.2, -0.15) is 0 Å². The predicted molar refractivity (Wildman–Crippen MR) is 130 cm³/mol. The molecule has 0 amide bonds. The third-order valence-corrected chi connectivity index (χ3v) is 5.30. The summed E-state index contributed by atoms with van der Waals surface area (Å²) in [6.45, 7) is 3.29. The van der Waals surface area contributed by atoms with Crippen LogP contribution in [0, 0.1) is 12.3 Å². The summed E-state index contributed by atoms with van der Waals surface area (Å²) >= 11 is 0. The fraction of sp³-hybridized carbons (Fsp3) is 0.207. The Morgan fingerprint density at radius 2 is 1.74 bits per heavy atom. The Morgan fingerprint density at radius 3 is 2.52 bits per heavy atom. The van der Waals surface area contributed by atoms with Gasteiger partial charge in [0.15, 0.2) is 0 Å². The van der Waals surface area contributed by atoms with Crippen LogP contribution >= 0.6 is 0 Å². The number of rotatable bonds is 3. The highest BCUT2D eigenvalue weighted by atomic mass is 16.3. The molecule has 0 spiro atoms. The molecule has 0 radical (unpaired) electrons. The van der Waals surface area contributed by atoms with E-state index in [1.807, 2.05) is 81.4 Å². The molecule has 154 valence electrons. The van der Waals surface area contributed by atoms with Crippen molar-refractivity contribution < 1.29 is 11.3 Å². The van der Waals surface area contributed by atoms with Crippen LogP contribution in [0.15, 0.2) is 83.4 Å². The zero-order valence-corrected chi connectivity index (χ0v) is 17.9. The molecule has 0 saturated carbocycles. The Labute approximate surface area is 190 Å². The van der Waals surface area contributed by atoms with Gasteiger partial charge in [-0.3, -0.25) is 4.98 Å². The Hall–Kier alpha value is -3.39. The summed E-state index contributed by atoms with van der Waals surface area (Å²) in [5.74, 6) is 0. The Balaban J connectivity index is 1.70. The van der Waals surface area contributed by atoms with Crippen LogP contribution in [0.1, 0.15) is 38.8 Å². The van der Waals surface area contributed by atoms with Gasteiger partial charge in [0.05, 0.1) is 5.69 Å². The highest BCUT2D eigenvalue weighted by Crippen LogP contribution is 2.37. The van der Waals surface area contributed by atoms with Crippen LogP contribution in [0.4, 0.5) is 0 Å². The van der Waals surface area contributed by atoms with Crippen molar-refractivity contribution in [3.63, 3.8) is 0 Å². The second-order valence-corrected chi connectivity index (χ2v) is 8.85. The summed E-state index contributed by atoms with van der Waals surface area (Å²) in [5, 5.41) is 1.31. The number of hydrogen-bond acceptors (Lipinski definition) is 2. The van der Waals surface area contributed by atoms with Crippen LogP contribution in [0.3, 0.4) is 0 Å². The molecule has 5 aromatic rings. The first-order chi connectivity index (χ1) is 16.9. The van der Waals surface area contributed by atoms with E-state index in [2.05, 4.69) is 4.98 Å². The number of hydrogen-bond donors (Lipinski definition) is 0. The van der Waals surface area contributed by atoms with Crippen LogP contribution in [-0.2, 0) is 6.37 Å². The van der Waals surface area contributed by atoms with Crippen molar-refractivity contribution in [1.82, 2.24) is 4.98 Å². The number of benzene rings is 3. The van der Waals surface area contributed by atoms with Gasteiger partial charge in [-0.15, -0.1) is 0 Å². The first-order valence-electron chi connectivity index (χ1n) is 12.9. The lowest BCUT2D eigenvalue weighted by molar-refractivity contribution is 0.411. The molecule has 3 aromatic carbocycles. The minimum absolute atomic E-state index is 0.274. The lowest BCUT2D eigenvalue weighted by atomic mass is 9.88. The quantitative estimate of drug-likeness (QED) is 0.299. The molecule has 0 N–H and O–H groups in total. The average molecular weight is 411 g/mol. The molecular weight excluding hydrogens is 378 g/mol. The third-order valence-electron chi connectivity index (χ3n) is 5.30. The topological polar surface area (TPSA) is 26.0 Å². The largest absolute Gasteiger partial charge is 0.456 e. The van der Waals surface area contributed by atoms with E-state index in [9.17, 15) is 0 Å². The highest BCUT2D eigenvalue weighted by Gasteiger charge is 2.15. The van der Waals surface area contributed by atoms with Gasteiger partial charge in [-0.1, -0.05) is 63.2 Å². The van der Waals surface area contributed by atoms with Crippen LogP contribution in [0.5, 0.6) is 0 Å². The predicted octanol–water partition coefficient (Wildman–Crippen LogP) is 8.21. The molecule has 0 aliphatic carbocycles. The van der Waals surface area contributed by atoms with E-state index in [1.54, 1.807) is 18.3 Å². The third kappa shape index (κ3) is 3.74. The summed E-state index contributed by atoms with van der Waals surface area (Å²) in [4.78, 5) is 4.48. The van der Waals surface area contributed by atoms with Crippen LogP contribution in [-0.4, -0.2) is 4.98 Å². The Kier molecular flexibility index (Phi) is 3.48. The van der Waals surface area contributed by atoms with E-state index in [1.165, 1.54) is 0 Å². The molecule has 0 fully saturated rings. The minimum atomic E-state index is -2.34. The number of furan rings is 1. The lowest BCUT2D eigenvalue weighted by Crippen LogP contribution is -2.09. The van der Waals surface area contributed by atoms with Crippen molar-refractivity contribution in [2.45, 2.75) is 34.0 Å². The number of aryl methyl sites for hydroxylation is 1. The van der Waals surface area contributed by atoms with E-state index in [0.717, 1.165) is 16.5 Å². The number of fused-ring (bicyclic) bond motifs is 3. The van der Waals surface area contributed by atoms with E-state index in [0.29, 0.717) is 33.4 Å². The standard InChI is InChI=1S/C29H27NO/c1-19-23(21-8-6-5-7-9-21)12-13-26-28(19)24-11-10-22(17-27(24)31-26)25-16-20(14-15-30-25)18-29(2,3)4/h5-17H,18H2,1-4H3/i1D3,18D2. The smallest absolute Gasteiger partial charge is 0.136 e. The second kappa shape index (κ2) is 7.39. The summed E-state index contributed by atoms with van der Waals surface area (Å²) in [7, 11) is 0. The van der Waals surface area contributed by atoms with E-state index in [4.69, 9.17) is 11.3 Å². The molecule has 2 heteroatoms. The normalized spacial score (nSPS) is 15.3. The molecule has 0 aliphatic rings. The first-order valence-corrected chi connectivity index (χ1v) is 10.4. The average Bonchev–Trinajstić information content (AvgIpc) is 3.20. The van der Waals surface area contributed by atoms with E-state index >= 15 is 0 Å². The maximum absolute atomic E-state index is 8.62. The summed E-state index contributed by atoms with van der Waals surface area (Å²) in [5.41, 5.74) is 4.22. The first kappa shape index (κ1) is 14.6. The van der Waals surface area contributed by atoms with Crippen molar-refractivity contribution in [3.8, 4) is 22.4 Å². The van der Waals surface area contributed by atoms with E-state index < -0.39 is 18.6 Å². The number of aromatic nitrogens is 1. The van der Waals surface area contributed by atoms with Gasteiger partial charge in [0, 0.05) is 29.4 Å². The molecule has 0 saturated heterocycles. The summed E-state index contributed by atoms with van der Waals surface area (Å²) in [6.07, 6.45) is 0.0759. The van der Waals surface area contributed by atoms with Crippen LogP contribution < -0.4 is 0 Å². The molecule has 2 nitrogen and oxygen atoms in total. The van der Waals surface area contributed by atoms with Crippen molar-refractivity contribution in [1.29, 1.82) is 0 Å². The lowest BCUT2D eigenvalue weighted by Gasteiger charge is -2.18. The van der Waals surface area contributed by atoms with Gasteiger partial charge in [-0.25, -0.2) is 0 Å². The number of nitrogens with zero attached hydrogens (tertiary/aromatic N) is 1. The fourth-order valence-corrected chi connectivity index (χ4v) is 3.98. The van der Waals surface area contributed by atoms with Crippen molar-refractivity contribution in [2.75, 3.05) is 0 Å². The van der Waals surface area contributed by atoms with Gasteiger partial charge in [0.1, 0.15) is 11.2 Å². The molecule has 0 unspecified atom stereocenters. The SMILES string of the molecule is [2H]C([2H])([2H])c1c(-c2ccccc2)ccc2oc3cc(-c4cc(C([2H])([2H])C(C)(C)C)ccn4)ccc3c12. The summed E-state index contributed by atoms with van der Waals surface area (Å²) in [6, 6.07) is 22.2. The van der Waals surface area contributed by atoms with Gasteiger partial charge in [0.2, 0.25) is 0 Å². The molecular formula is C29H27NO. The highest BCUT2D eigenvalue weighted by molar-refractivity contribution is 6.09. The summed E-state index contributed by atoms with van der Waals surface area (Å²) < 4.78 is 48.3. The fourth-order valence-electron chi connectivity index (χ4n) is 3.98. The molecule has 5 rings (SSSR count). The Morgan fingerprint density at radius 1 is 0.903 bits per heavy atom. The zero-order valence-electron chi connectivity index (χ0n) is 22.9. The molecule has 2 heterocycles. The maximum Gasteiger partial charge on any atom is 0.136 e. The maximum atomic E-state index is 8.62. The monoisotopic (exact) mass is 410 g/mol. The van der Waals surface area contributed by atoms with Crippen LogP contribution in [0.25, 0.3) is 44.3 Å². The van der Waals surface area contributed by atoms with Gasteiger partial charge in [0.25, 0.3) is 0 Å². The second-order valence-electron chi connectivity index (χ2n) is 8.85. The molecule has 0 atom stereocenters. The van der Waals surface area contributed by atoms with Gasteiger partial charge in [-0.05, 0) is 71.2 Å². The van der Waals surface area contributed by atoms with Crippen molar-refractivity contribution in [2.24, 2.45) is 5.41 Å². The molecule has 31 heavy (non-hydrogen) atoms. The van der Waals surface area contributed by atoms with Gasteiger partial charge >= 0.3 is 0 Å². The molecule has 0 aliphatic heterocycles. The van der Waals surface area contributed by atoms with Crippen LogP contribution in [0.2, 0.25) is 0 Å². The van der Waals surface area contributed by atoms with E-state index in [-0.39, 0.29) is 5.56 Å². The number of pyridine rings is 1. The molecule has 2 aromatic heterocycles. The van der Waals surface area contributed by atoms with Crippen molar-refractivity contribution in [3.05, 3.63) is 90.1 Å². The zero-order chi connectivity index (χ0) is 25.9. The van der Waals surface area contributed by atoms with Crippen molar-refractivity contribution >= 4 is 21.9 Å². The van der Waals surface area contributed by atoms with Gasteiger partial charge < -0.3 is 4.42 Å². The minimum Gasteiger partial charge on any atom is -0.456 e.